The van der Waals surface area contributed by atoms with Crippen LogP contribution < -0.4 is 10.6 Å². The zero-order valence-electron chi connectivity index (χ0n) is 16.8. The van der Waals surface area contributed by atoms with Crippen LogP contribution in [0.4, 0.5) is 11.4 Å². The van der Waals surface area contributed by atoms with Crippen molar-refractivity contribution >= 4 is 23.0 Å². The van der Waals surface area contributed by atoms with E-state index in [-0.39, 0.29) is 54.6 Å². The number of phenolic OH excluding ortho intramolecular Hbond substituents is 1. The van der Waals surface area contributed by atoms with Crippen molar-refractivity contribution in [2.24, 2.45) is 5.73 Å². The van der Waals surface area contributed by atoms with Gasteiger partial charge in [0.2, 0.25) is 0 Å². The number of nitro groups is 1. The normalized spacial score (nSPS) is 12.7. The number of aliphatic hydroxyl groups is 4. The SMILES string of the molecule is CCN(c1c(Cl)c(O)cc([N+](=O)[O-])c1CCCN)C(O)(CC)CO.OCCCO. The molecular formula is C18H32ClN3O7. The first-order valence-corrected chi connectivity index (χ1v) is 9.78. The smallest absolute Gasteiger partial charge is 0.278 e. The number of anilines is 1. The Morgan fingerprint density at radius 2 is 1.83 bits per heavy atom. The standard InChI is InChI=1S/C15H24ClN3O5.C3H8O2/c1-3-15(22,9-20)18(4-2)14-10(6-5-7-17)11(19(23)24)8-12(21)13(14)16;4-2-1-3-5/h8,20-22H,3-7,9,17H2,1-2H3;4-5H,1-3H2. The maximum Gasteiger partial charge on any atom is 0.278 e. The molecule has 1 rings (SSSR count). The van der Waals surface area contributed by atoms with E-state index in [4.69, 9.17) is 27.5 Å². The summed E-state index contributed by atoms with van der Waals surface area (Å²) in [5.74, 6) is -0.454. The number of aliphatic hydroxyl groups excluding tert-OH is 3. The second-order valence-electron chi connectivity index (χ2n) is 6.24. The number of phenols is 1. The molecule has 1 aromatic carbocycles. The molecule has 1 aromatic rings. The predicted octanol–water partition coefficient (Wildman–Crippen LogP) is 1.12. The zero-order chi connectivity index (χ0) is 22.6. The largest absolute Gasteiger partial charge is 0.506 e. The molecule has 11 heteroatoms. The van der Waals surface area contributed by atoms with Gasteiger partial charge in [-0.1, -0.05) is 18.5 Å². The molecule has 0 aliphatic heterocycles. The van der Waals surface area contributed by atoms with Crippen LogP contribution in [0.5, 0.6) is 5.75 Å². The monoisotopic (exact) mass is 437 g/mol. The molecule has 0 heterocycles. The third-order valence-electron chi connectivity index (χ3n) is 4.35. The van der Waals surface area contributed by atoms with Gasteiger partial charge < -0.3 is 36.2 Å². The van der Waals surface area contributed by atoms with Crippen molar-refractivity contribution in [1.29, 1.82) is 0 Å². The Kier molecular flexibility index (Phi) is 12.7. The van der Waals surface area contributed by atoms with Gasteiger partial charge in [-0.3, -0.25) is 10.1 Å². The average Bonchev–Trinajstić information content (AvgIpc) is 2.71. The third-order valence-corrected chi connectivity index (χ3v) is 4.73. The molecule has 0 aliphatic rings. The minimum atomic E-state index is -1.66. The minimum Gasteiger partial charge on any atom is -0.506 e. The molecule has 0 saturated carbocycles. The maximum atomic E-state index is 11.4. The van der Waals surface area contributed by atoms with E-state index < -0.39 is 23.0 Å². The minimum absolute atomic E-state index is 0.0938. The van der Waals surface area contributed by atoms with E-state index in [9.17, 15) is 25.4 Å². The number of rotatable bonds is 11. The fraction of sp³-hybridized carbons (Fsp3) is 0.667. The van der Waals surface area contributed by atoms with Crippen LogP contribution in [0.2, 0.25) is 5.02 Å². The van der Waals surface area contributed by atoms with Crippen molar-refractivity contribution in [3.05, 3.63) is 26.8 Å². The summed E-state index contributed by atoms with van der Waals surface area (Å²) in [6.07, 6.45) is 1.38. The maximum absolute atomic E-state index is 11.4. The molecule has 1 atom stereocenters. The van der Waals surface area contributed by atoms with Crippen molar-refractivity contribution in [3.8, 4) is 5.75 Å². The van der Waals surface area contributed by atoms with Gasteiger partial charge in [0.15, 0.2) is 5.72 Å². The summed E-state index contributed by atoms with van der Waals surface area (Å²) in [4.78, 5) is 12.2. The van der Waals surface area contributed by atoms with Gasteiger partial charge in [0.05, 0.1) is 28.8 Å². The number of benzene rings is 1. The van der Waals surface area contributed by atoms with Gasteiger partial charge in [-0.2, -0.15) is 0 Å². The van der Waals surface area contributed by atoms with Crippen molar-refractivity contribution in [1.82, 2.24) is 0 Å². The molecule has 1 unspecified atom stereocenters. The first-order valence-electron chi connectivity index (χ1n) is 9.40. The van der Waals surface area contributed by atoms with Crippen LogP contribution in [0.1, 0.15) is 38.7 Å². The number of nitrogens with two attached hydrogens (primary N) is 1. The Hall–Kier alpha value is -1.69. The molecule has 0 aromatic heterocycles. The van der Waals surface area contributed by atoms with Crippen LogP contribution in [0.25, 0.3) is 0 Å². The van der Waals surface area contributed by atoms with Crippen LogP contribution >= 0.6 is 11.6 Å². The van der Waals surface area contributed by atoms with Crippen molar-refractivity contribution < 1.29 is 30.5 Å². The summed E-state index contributed by atoms with van der Waals surface area (Å²) in [7, 11) is 0. The lowest BCUT2D eigenvalue weighted by atomic mass is 10.00. The number of aromatic hydroxyl groups is 1. The number of hydrogen-bond acceptors (Lipinski definition) is 9. The van der Waals surface area contributed by atoms with Crippen LogP contribution in [0.3, 0.4) is 0 Å². The fourth-order valence-electron chi connectivity index (χ4n) is 2.74. The Morgan fingerprint density at radius 1 is 1.24 bits per heavy atom. The third kappa shape index (κ3) is 7.25. The molecule has 0 amide bonds. The van der Waals surface area contributed by atoms with Crippen LogP contribution in [-0.4, -0.2) is 69.1 Å². The van der Waals surface area contributed by atoms with Gasteiger partial charge in [-0.25, -0.2) is 0 Å². The van der Waals surface area contributed by atoms with Gasteiger partial charge in [0, 0.05) is 19.8 Å². The molecular weight excluding hydrogens is 406 g/mol. The number of halogens is 1. The molecule has 0 spiro atoms. The lowest BCUT2D eigenvalue weighted by Gasteiger charge is -2.40. The van der Waals surface area contributed by atoms with Crippen molar-refractivity contribution in [3.63, 3.8) is 0 Å². The first kappa shape index (κ1) is 27.3. The number of likely N-dealkylation sites (N-methyl/N-ethyl adjacent to an activating group) is 1. The molecule has 0 saturated heterocycles. The molecule has 0 radical (unpaired) electrons. The van der Waals surface area contributed by atoms with E-state index >= 15 is 0 Å². The molecule has 168 valence electrons. The number of nitrogens with zero attached hydrogens (tertiary/aromatic N) is 2. The molecule has 7 N–H and O–H groups in total. The van der Waals surface area contributed by atoms with Crippen molar-refractivity contribution in [2.45, 2.75) is 45.3 Å². The van der Waals surface area contributed by atoms with Gasteiger partial charge in [0.25, 0.3) is 5.69 Å². The molecule has 0 fully saturated rings. The summed E-state index contributed by atoms with van der Waals surface area (Å²) < 4.78 is 0. The van der Waals surface area contributed by atoms with Gasteiger partial charge in [-0.05, 0) is 39.2 Å². The van der Waals surface area contributed by atoms with E-state index in [2.05, 4.69) is 0 Å². The zero-order valence-corrected chi connectivity index (χ0v) is 17.6. The van der Waals surface area contributed by atoms with E-state index in [1.165, 1.54) is 4.90 Å². The van der Waals surface area contributed by atoms with Crippen LogP contribution in [0.15, 0.2) is 6.07 Å². The lowest BCUT2D eigenvalue weighted by molar-refractivity contribution is -0.385. The molecule has 29 heavy (non-hydrogen) atoms. The van der Waals surface area contributed by atoms with Crippen molar-refractivity contribution in [2.75, 3.05) is 37.8 Å². The molecule has 0 bridgehead atoms. The quantitative estimate of drug-likeness (QED) is 0.168. The highest BCUT2D eigenvalue weighted by atomic mass is 35.5. The van der Waals surface area contributed by atoms with E-state index in [0.717, 1.165) is 6.07 Å². The molecule has 0 aliphatic carbocycles. The Morgan fingerprint density at radius 3 is 2.17 bits per heavy atom. The first-order chi connectivity index (χ1) is 13.7. The number of hydrogen-bond donors (Lipinski definition) is 6. The highest BCUT2D eigenvalue weighted by Gasteiger charge is 2.36. The Bertz CT molecular complexity index is 640. The van der Waals surface area contributed by atoms with E-state index in [1.807, 2.05) is 0 Å². The summed E-state index contributed by atoms with van der Waals surface area (Å²) in [6, 6.07) is 0.996. The van der Waals surface area contributed by atoms with E-state index in [0.29, 0.717) is 19.4 Å². The highest BCUT2D eigenvalue weighted by Crippen LogP contribution is 2.45. The van der Waals surface area contributed by atoms with Gasteiger partial charge >= 0.3 is 0 Å². The fourth-order valence-corrected chi connectivity index (χ4v) is 3.01. The summed E-state index contributed by atoms with van der Waals surface area (Å²) in [5, 5.41) is 57.4. The van der Waals surface area contributed by atoms with Gasteiger partial charge in [-0.15, -0.1) is 0 Å². The van der Waals surface area contributed by atoms with Gasteiger partial charge in [0.1, 0.15) is 10.8 Å². The molecule has 10 nitrogen and oxygen atoms in total. The lowest BCUT2D eigenvalue weighted by Crippen LogP contribution is -2.52. The average molecular weight is 438 g/mol. The predicted molar refractivity (Wildman–Crippen MR) is 111 cm³/mol. The summed E-state index contributed by atoms with van der Waals surface area (Å²) in [5.41, 5.74) is 3.98. The summed E-state index contributed by atoms with van der Waals surface area (Å²) in [6.45, 7) is 3.53. The topological polar surface area (TPSA) is 174 Å². The second kappa shape index (κ2) is 13.5. The Labute approximate surface area is 175 Å². The van der Waals surface area contributed by atoms with Crippen LogP contribution in [-0.2, 0) is 6.42 Å². The van der Waals surface area contributed by atoms with E-state index in [1.54, 1.807) is 13.8 Å². The Balaban J connectivity index is 0.00000139. The highest BCUT2D eigenvalue weighted by molar-refractivity contribution is 6.35. The van der Waals surface area contributed by atoms with Crippen LogP contribution in [0, 0.1) is 10.1 Å². The number of nitro benzene ring substituents is 1. The second-order valence-corrected chi connectivity index (χ2v) is 6.62. The summed E-state index contributed by atoms with van der Waals surface area (Å²) >= 11 is 6.21.